The molecule has 1 atom stereocenters. The summed E-state index contributed by atoms with van der Waals surface area (Å²) in [6, 6.07) is 11.8. The van der Waals surface area contributed by atoms with E-state index in [1.165, 1.54) is 0 Å². The molecular formula is C19H24ClN3O. The Morgan fingerprint density at radius 3 is 2.58 bits per heavy atom. The van der Waals surface area contributed by atoms with E-state index in [0.717, 1.165) is 17.8 Å². The molecule has 1 aromatic heterocycles. The van der Waals surface area contributed by atoms with E-state index in [4.69, 9.17) is 11.6 Å². The lowest BCUT2D eigenvalue weighted by Crippen LogP contribution is -2.49. The van der Waals surface area contributed by atoms with Crippen LogP contribution >= 0.6 is 11.6 Å². The number of carbonyl (C=O) groups is 1. The van der Waals surface area contributed by atoms with Crippen LogP contribution in [0.25, 0.3) is 0 Å². The molecule has 0 saturated carbocycles. The summed E-state index contributed by atoms with van der Waals surface area (Å²) in [4.78, 5) is 14.8. The van der Waals surface area contributed by atoms with E-state index >= 15 is 0 Å². The number of hydrogen-bond donors (Lipinski definition) is 1. The van der Waals surface area contributed by atoms with Crippen LogP contribution in [0.3, 0.4) is 0 Å². The van der Waals surface area contributed by atoms with Crippen molar-refractivity contribution < 1.29 is 4.79 Å². The van der Waals surface area contributed by atoms with Crippen molar-refractivity contribution in [2.24, 2.45) is 0 Å². The largest absolute Gasteiger partial charge is 0.348 e. The molecule has 0 bridgehead atoms. The summed E-state index contributed by atoms with van der Waals surface area (Å²) in [6.07, 6.45) is 2.08. The quantitative estimate of drug-likeness (QED) is 0.925. The number of carbonyl (C=O) groups excluding carboxylic acids is 1. The molecule has 24 heavy (non-hydrogen) atoms. The van der Waals surface area contributed by atoms with Gasteiger partial charge in [0.1, 0.15) is 0 Å². The van der Waals surface area contributed by atoms with Crippen molar-refractivity contribution in [3.05, 3.63) is 58.9 Å². The fourth-order valence-corrected chi connectivity index (χ4v) is 3.22. The standard InChI is InChI=1S/C19H24ClN3O/c1-19(2,3)21-13-17(24)23-12-11-22-10-4-5-16(22)18(23)14-6-8-15(20)9-7-14/h4-10,18,21H,11-13H2,1-3H3. The van der Waals surface area contributed by atoms with Gasteiger partial charge in [0.25, 0.3) is 0 Å². The van der Waals surface area contributed by atoms with E-state index in [1.54, 1.807) is 0 Å². The third kappa shape index (κ3) is 3.65. The highest BCUT2D eigenvalue weighted by Crippen LogP contribution is 2.33. The fraction of sp³-hybridized carbons (Fsp3) is 0.421. The molecule has 1 aliphatic heterocycles. The van der Waals surface area contributed by atoms with Crippen LogP contribution in [-0.4, -0.2) is 34.0 Å². The summed E-state index contributed by atoms with van der Waals surface area (Å²) < 4.78 is 2.22. The van der Waals surface area contributed by atoms with Crippen molar-refractivity contribution in [3.8, 4) is 0 Å². The molecule has 1 aliphatic rings. The molecule has 0 fully saturated rings. The maximum Gasteiger partial charge on any atom is 0.237 e. The van der Waals surface area contributed by atoms with Gasteiger partial charge in [-0.1, -0.05) is 23.7 Å². The lowest BCUT2D eigenvalue weighted by Gasteiger charge is -2.38. The molecule has 0 saturated heterocycles. The second-order valence-electron chi connectivity index (χ2n) is 7.27. The number of aromatic nitrogens is 1. The third-order valence-electron chi connectivity index (χ3n) is 4.31. The van der Waals surface area contributed by atoms with Crippen LogP contribution in [0.2, 0.25) is 5.02 Å². The van der Waals surface area contributed by atoms with Crippen LogP contribution < -0.4 is 5.32 Å². The minimum atomic E-state index is -0.0819. The first-order valence-corrected chi connectivity index (χ1v) is 8.68. The lowest BCUT2D eigenvalue weighted by atomic mass is 9.99. The lowest BCUT2D eigenvalue weighted by molar-refractivity contribution is -0.133. The molecule has 5 heteroatoms. The Morgan fingerprint density at radius 1 is 1.21 bits per heavy atom. The number of rotatable bonds is 3. The summed E-state index contributed by atoms with van der Waals surface area (Å²) in [7, 11) is 0. The van der Waals surface area contributed by atoms with Gasteiger partial charge < -0.3 is 14.8 Å². The topological polar surface area (TPSA) is 37.3 Å². The van der Waals surface area contributed by atoms with E-state index in [9.17, 15) is 4.79 Å². The van der Waals surface area contributed by atoms with Crippen molar-refractivity contribution in [1.29, 1.82) is 0 Å². The van der Waals surface area contributed by atoms with Gasteiger partial charge in [0.05, 0.1) is 12.6 Å². The maximum atomic E-state index is 12.9. The zero-order chi connectivity index (χ0) is 17.3. The Hall–Kier alpha value is -1.78. The Labute approximate surface area is 148 Å². The van der Waals surface area contributed by atoms with Gasteiger partial charge in [-0.3, -0.25) is 4.79 Å². The van der Waals surface area contributed by atoms with Crippen LogP contribution in [0.1, 0.15) is 38.1 Å². The van der Waals surface area contributed by atoms with Gasteiger partial charge >= 0.3 is 0 Å². The summed E-state index contributed by atoms with van der Waals surface area (Å²) in [5.41, 5.74) is 2.15. The number of hydrogen-bond acceptors (Lipinski definition) is 2. The average Bonchev–Trinajstić information content (AvgIpc) is 3.00. The van der Waals surface area contributed by atoms with Crippen molar-refractivity contribution in [2.45, 2.75) is 38.9 Å². The molecule has 0 radical (unpaired) electrons. The monoisotopic (exact) mass is 345 g/mol. The normalized spacial score (nSPS) is 17.7. The van der Waals surface area contributed by atoms with E-state index in [0.29, 0.717) is 18.1 Å². The van der Waals surface area contributed by atoms with Crippen molar-refractivity contribution >= 4 is 17.5 Å². The van der Waals surface area contributed by atoms with Crippen LogP contribution in [0.4, 0.5) is 0 Å². The van der Waals surface area contributed by atoms with Crippen molar-refractivity contribution in [1.82, 2.24) is 14.8 Å². The predicted molar refractivity (Wildman–Crippen MR) is 97.2 cm³/mol. The highest BCUT2D eigenvalue weighted by Gasteiger charge is 2.32. The molecule has 4 nitrogen and oxygen atoms in total. The number of benzene rings is 1. The second kappa shape index (κ2) is 6.61. The van der Waals surface area contributed by atoms with Crippen LogP contribution in [0.5, 0.6) is 0 Å². The van der Waals surface area contributed by atoms with E-state index in [2.05, 4.69) is 42.9 Å². The number of nitrogens with zero attached hydrogens (tertiary/aromatic N) is 2. The van der Waals surface area contributed by atoms with Gasteiger partial charge in [-0.2, -0.15) is 0 Å². The summed E-state index contributed by atoms with van der Waals surface area (Å²) in [6.45, 7) is 8.08. The maximum absolute atomic E-state index is 12.9. The van der Waals surface area contributed by atoms with E-state index in [-0.39, 0.29) is 17.5 Å². The Balaban J connectivity index is 1.90. The molecule has 1 N–H and O–H groups in total. The van der Waals surface area contributed by atoms with Gasteiger partial charge in [0.2, 0.25) is 5.91 Å². The molecule has 1 amide bonds. The number of halogens is 1. The van der Waals surface area contributed by atoms with E-state index < -0.39 is 0 Å². The minimum Gasteiger partial charge on any atom is -0.348 e. The SMILES string of the molecule is CC(C)(C)NCC(=O)N1CCn2cccc2C1c1ccc(Cl)cc1. The van der Waals surface area contributed by atoms with Gasteiger partial charge in [-0.05, 0) is 50.6 Å². The molecule has 2 heterocycles. The molecule has 0 aliphatic carbocycles. The van der Waals surface area contributed by atoms with Gasteiger partial charge in [-0.25, -0.2) is 0 Å². The number of amides is 1. The zero-order valence-corrected chi connectivity index (χ0v) is 15.2. The first-order chi connectivity index (χ1) is 11.3. The van der Waals surface area contributed by atoms with Gasteiger partial charge in [0, 0.05) is 35.5 Å². The van der Waals surface area contributed by atoms with Crippen molar-refractivity contribution in [2.75, 3.05) is 13.1 Å². The highest BCUT2D eigenvalue weighted by atomic mass is 35.5. The predicted octanol–water partition coefficient (Wildman–Crippen LogP) is 3.46. The first kappa shape index (κ1) is 17.1. The zero-order valence-electron chi connectivity index (χ0n) is 14.4. The molecule has 128 valence electrons. The summed E-state index contributed by atoms with van der Waals surface area (Å²) in [5.74, 6) is 0.123. The Kier molecular flexibility index (Phi) is 4.70. The highest BCUT2D eigenvalue weighted by molar-refractivity contribution is 6.30. The minimum absolute atomic E-state index is 0.0692. The molecular weight excluding hydrogens is 322 g/mol. The average molecular weight is 346 g/mol. The van der Waals surface area contributed by atoms with Crippen LogP contribution in [0, 0.1) is 0 Å². The van der Waals surface area contributed by atoms with Crippen molar-refractivity contribution in [3.63, 3.8) is 0 Å². The molecule has 3 rings (SSSR count). The first-order valence-electron chi connectivity index (χ1n) is 8.30. The summed E-state index contributed by atoms with van der Waals surface area (Å²) in [5, 5.41) is 4.00. The molecule has 2 aromatic rings. The van der Waals surface area contributed by atoms with Gasteiger partial charge in [-0.15, -0.1) is 0 Å². The molecule has 1 unspecified atom stereocenters. The fourth-order valence-electron chi connectivity index (χ4n) is 3.09. The smallest absolute Gasteiger partial charge is 0.237 e. The van der Waals surface area contributed by atoms with Crippen LogP contribution in [-0.2, 0) is 11.3 Å². The molecule has 0 spiro atoms. The van der Waals surface area contributed by atoms with Crippen LogP contribution in [0.15, 0.2) is 42.6 Å². The Morgan fingerprint density at radius 2 is 1.92 bits per heavy atom. The molecule has 1 aromatic carbocycles. The second-order valence-corrected chi connectivity index (χ2v) is 7.71. The van der Waals surface area contributed by atoms with Gasteiger partial charge in [0.15, 0.2) is 0 Å². The number of fused-ring (bicyclic) bond motifs is 1. The summed E-state index contributed by atoms with van der Waals surface area (Å²) >= 11 is 6.03. The third-order valence-corrected chi connectivity index (χ3v) is 4.57. The van der Waals surface area contributed by atoms with E-state index in [1.807, 2.05) is 35.2 Å². The Bertz CT molecular complexity index is 715. The number of nitrogens with one attached hydrogen (secondary N) is 1.